The number of alkyl halides is 1. The fourth-order valence-electron chi connectivity index (χ4n) is 2.78. The Balaban J connectivity index is 2.07. The van der Waals surface area contributed by atoms with Gasteiger partial charge < -0.3 is 4.90 Å². The third-order valence-electron chi connectivity index (χ3n) is 4.12. The lowest BCUT2D eigenvalue weighted by molar-refractivity contribution is -0.135. The minimum absolute atomic E-state index is 0.260. The zero-order valence-corrected chi connectivity index (χ0v) is 13.3. The summed E-state index contributed by atoms with van der Waals surface area (Å²) in [5.74, 6) is 0.922. The summed E-state index contributed by atoms with van der Waals surface area (Å²) in [6, 6.07) is 10.1. The summed E-state index contributed by atoms with van der Waals surface area (Å²) in [5, 5.41) is 1.03. The van der Waals surface area contributed by atoms with Gasteiger partial charge in [-0.25, -0.2) is 0 Å². The van der Waals surface area contributed by atoms with Crippen molar-refractivity contribution in [1.82, 2.24) is 4.90 Å². The van der Waals surface area contributed by atoms with Crippen LogP contribution < -0.4 is 0 Å². The Hall–Kier alpha value is -0.830. The van der Waals surface area contributed by atoms with Crippen LogP contribution in [0.2, 0.25) is 0 Å². The molecule has 2 rings (SSSR count). The summed E-state index contributed by atoms with van der Waals surface area (Å²) in [6.45, 7) is 5.89. The van der Waals surface area contributed by atoms with E-state index in [4.69, 9.17) is 0 Å². The summed E-state index contributed by atoms with van der Waals surface area (Å²) in [7, 11) is 0. The van der Waals surface area contributed by atoms with Gasteiger partial charge in [0.15, 0.2) is 0 Å². The number of rotatable bonds is 4. The molecule has 0 saturated carbocycles. The van der Waals surface area contributed by atoms with Crippen LogP contribution in [-0.2, 0) is 10.2 Å². The Morgan fingerprint density at radius 3 is 2.68 bits per heavy atom. The predicted molar refractivity (Wildman–Crippen MR) is 82.6 cm³/mol. The molecule has 2 nitrogen and oxygen atoms in total. The molecular weight excluding hydrogens is 302 g/mol. The van der Waals surface area contributed by atoms with E-state index >= 15 is 0 Å². The Kier molecular flexibility index (Phi) is 4.67. The predicted octanol–water partition coefficient (Wildman–Crippen LogP) is 3.60. The van der Waals surface area contributed by atoms with Crippen molar-refractivity contribution < 1.29 is 4.79 Å². The van der Waals surface area contributed by atoms with Crippen molar-refractivity contribution in [3.63, 3.8) is 0 Å². The molecule has 0 spiro atoms. The molecule has 1 saturated heterocycles. The molecule has 1 aliphatic rings. The van der Waals surface area contributed by atoms with Crippen molar-refractivity contribution in [2.45, 2.75) is 32.1 Å². The smallest absolute Gasteiger partial charge is 0.232 e. The molecule has 0 aromatic heterocycles. The molecule has 3 heteroatoms. The Labute approximate surface area is 124 Å². The van der Waals surface area contributed by atoms with E-state index in [0.717, 1.165) is 36.8 Å². The SMILES string of the molecule is CC(C)(C(=O)N1CCC(CCBr)C1)c1ccccc1. The van der Waals surface area contributed by atoms with E-state index in [9.17, 15) is 4.79 Å². The topological polar surface area (TPSA) is 20.3 Å². The van der Waals surface area contributed by atoms with Crippen LogP contribution in [0.15, 0.2) is 30.3 Å². The highest BCUT2D eigenvalue weighted by Gasteiger charge is 2.36. The summed E-state index contributed by atoms with van der Waals surface area (Å²) < 4.78 is 0. The van der Waals surface area contributed by atoms with Gasteiger partial charge in [-0.05, 0) is 38.2 Å². The van der Waals surface area contributed by atoms with Gasteiger partial charge in [-0.15, -0.1) is 0 Å². The van der Waals surface area contributed by atoms with Crippen LogP contribution in [0.4, 0.5) is 0 Å². The van der Waals surface area contributed by atoms with Crippen LogP contribution in [-0.4, -0.2) is 29.2 Å². The summed E-state index contributed by atoms with van der Waals surface area (Å²) in [6.07, 6.45) is 2.30. The molecule has 1 atom stereocenters. The van der Waals surface area contributed by atoms with E-state index in [-0.39, 0.29) is 5.91 Å². The second-order valence-electron chi connectivity index (χ2n) is 5.87. The lowest BCUT2D eigenvalue weighted by atomic mass is 9.83. The quantitative estimate of drug-likeness (QED) is 0.775. The second-order valence-corrected chi connectivity index (χ2v) is 6.67. The number of carbonyl (C=O) groups is 1. The maximum absolute atomic E-state index is 12.7. The number of carbonyl (C=O) groups excluding carboxylic acids is 1. The highest BCUT2D eigenvalue weighted by molar-refractivity contribution is 9.09. The average molecular weight is 324 g/mol. The van der Waals surface area contributed by atoms with Gasteiger partial charge in [0.1, 0.15) is 0 Å². The number of halogens is 1. The molecule has 0 bridgehead atoms. The van der Waals surface area contributed by atoms with E-state index < -0.39 is 5.41 Å². The van der Waals surface area contributed by atoms with Gasteiger partial charge in [0.05, 0.1) is 5.41 Å². The molecule has 1 amide bonds. The summed E-state index contributed by atoms with van der Waals surface area (Å²) in [5.41, 5.74) is 0.675. The van der Waals surface area contributed by atoms with Crippen LogP contribution in [0.3, 0.4) is 0 Å². The molecule has 1 aromatic rings. The van der Waals surface area contributed by atoms with Crippen LogP contribution in [0.1, 0.15) is 32.3 Å². The minimum atomic E-state index is -0.426. The minimum Gasteiger partial charge on any atom is -0.342 e. The van der Waals surface area contributed by atoms with E-state index in [1.165, 1.54) is 0 Å². The monoisotopic (exact) mass is 323 g/mol. The molecule has 1 heterocycles. The van der Waals surface area contributed by atoms with Crippen LogP contribution in [0, 0.1) is 5.92 Å². The van der Waals surface area contributed by atoms with Gasteiger partial charge in [0.2, 0.25) is 5.91 Å². The van der Waals surface area contributed by atoms with Gasteiger partial charge in [0.25, 0.3) is 0 Å². The first-order valence-corrected chi connectivity index (χ1v) is 8.08. The van der Waals surface area contributed by atoms with Gasteiger partial charge in [-0.1, -0.05) is 46.3 Å². The second kappa shape index (κ2) is 6.08. The van der Waals surface area contributed by atoms with Gasteiger partial charge in [-0.3, -0.25) is 4.79 Å². The molecule has 0 aliphatic carbocycles. The van der Waals surface area contributed by atoms with Crippen molar-refractivity contribution in [3.05, 3.63) is 35.9 Å². The van der Waals surface area contributed by atoms with E-state index in [1.54, 1.807) is 0 Å². The van der Waals surface area contributed by atoms with Crippen LogP contribution in [0.5, 0.6) is 0 Å². The van der Waals surface area contributed by atoms with E-state index in [1.807, 2.05) is 49.1 Å². The van der Waals surface area contributed by atoms with Crippen LogP contribution in [0.25, 0.3) is 0 Å². The largest absolute Gasteiger partial charge is 0.342 e. The maximum atomic E-state index is 12.7. The normalized spacial score (nSPS) is 19.7. The zero-order valence-electron chi connectivity index (χ0n) is 11.7. The van der Waals surface area contributed by atoms with Crippen molar-refractivity contribution in [3.8, 4) is 0 Å². The number of hydrogen-bond acceptors (Lipinski definition) is 1. The van der Waals surface area contributed by atoms with Gasteiger partial charge >= 0.3 is 0 Å². The lowest BCUT2D eigenvalue weighted by Crippen LogP contribution is -2.42. The molecular formula is C16H22BrNO. The zero-order chi connectivity index (χ0) is 13.9. The molecule has 1 aromatic carbocycles. The number of nitrogens with zero attached hydrogens (tertiary/aromatic N) is 1. The van der Waals surface area contributed by atoms with E-state index in [0.29, 0.717) is 5.92 Å². The first kappa shape index (κ1) is 14.6. The molecule has 0 radical (unpaired) electrons. The number of likely N-dealkylation sites (tertiary alicyclic amines) is 1. The Morgan fingerprint density at radius 1 is 1.37 bits per heavy atom. The number of benzene rings is 1. The lowest BCUT2D eigenvalue weighted by Gasteiger charge is -2.29. The molecule has 1 fully saturated rings. The average Bonchev–Trinajstić information content (AvgIpc) is 2.88. The van der Waals surface area contributed by atoms with Crippen LogP contribution >= 0.6 is 15.9 Å². The highest BCUT2D eigenvalue weighted by Crippen LogP contribution is 2.29. The molecule has 19 heavy (non-hydrogen) atoms. The third-order valence-corrected chi connectivity index (χ3v) is 4.58. The van der Waals surface area contributed by atoms with Gasteiger partial charge in [0, 0.05) is 18.4 Å². The van der Waals surface area contributed by atoms with Gasteiger partial charge in [-0.2, -0.15) is 0 Å². The van der Waals surface area contributed by atoms with Crippen molar-refractivity contribution >= 4 is 21.8 Å². The fourth-order valence-corrected chi connectivity index (χ4v) is 3.43. The molecule has 1 unspecified atom stereocenters. The molecule has 1 aliphatic heterocycles. The molecule has 0 N–H and O–H groups in total. The third kappa shape index (κ3) is 3.19. The first-order valence-electron chi connectivity index (χ1n) is 6.96. The summed E-state index contributed by atoms with van der Waals surface area (Å²) >= 11 is 3.49. The van der Waals surface area contributed by atoms with Crippen molar-refractivity contribution in [1.29, 1.82) is 0 Å². The maximum Gasteiger partial charge on any atom is 0.232 e. The fraction of sp³-hybridized carbons (Fsp3) is 0.562. The Bertz CT molecular complexity index is 430. The van der Waals surface area contributed by atoms with Crippen molar-refractivity contribution in [2.75, 3.05) is 18.4 Å². The number of amides is 1. The summed E-state index contributed by atoms with van der Waals surface area (Å²) in [4.78, 5) is 14.8. The highest BCUT2D eigenvalue weighted by atomic mass is 79.9. The number of hydrogen-bond donors (Lipinski definition) is 0. The Morgan fingerprint density at radius 2 is 2.05 bits per heavy atom. The van der Waals surface area contributed by atoms with Crippen molar-refractivity contribution in [2.24, 2.45) is 5.92 Å². The van der Waals surface area contributed by atoms with E-state index in [2.05, 4.69) is 15.9 Å². The first-order chi connectivity index (χ1) is 9.05. The standard InChI is InChI=1S/C16H22BrNO/c1-16(2,14-6-4-3-5-7-14)15(19)18-11-9-13(12-18)8-10-17/h3-7,13H,8-12H2,1-2H3. The molecule has 104 valence electrons.